The van der Waals surface area contributed by atoms with Crippen molar-refractivity contribution in [1.82, 2.24) is 9.88 Å². The molecule has 13 heavy (non-hydrogen) atoms. The van der Waals surface area contributed by atoms with E-state index in [-0.39, 0.29) is 5.78 Å². The van der Waals surface area contributed by atoms with Gasteiger partial charge in [0.05, 0.1) is 18.6 Å². The Kier molecular flexibility index (Phi) is 3.62. The normalized spacial score (nSPS) is 9.92. The van der Waals surface area contributed by atoms with E-state index in [4.69, 9.17) is 6.42 Å². The van der Waals surface area contributed by atoms with E-state index in [0.29, 0.717) is 18.8 Å². The summed E-state index contributed by atoms with van der Waals surface area (Å²) < 4.78 is 0. The number of hydrogen-bond acceptors (Lipinski definition) is 4. The van der Waals surface area contributed by atoms with Crippen LogP contribution in [0.1, 0.15) is 10.5 Å². The molecule has 0 aliphatic heterocycles. The summed E-state index contributed by atoms with van der Waals surface area (Å²) >= 11 is 1.42. The third-order valence-corrected chi connectivity index (χ3v) is 2.08. The van der Waals surface area contributed by atoms with Gasteiger partial charge in [0, 0.05) is 5.38 Å². The van der Waals surface area contributed by atoms with Gasteiger partial charge in [0.25, 0.3) is 0 Å². The maximum Gasteiger partial charge on any atom is 0.195 e. The Hall–Kier alpha value is -1.18. The first kappa shape index (κ1) is 9.90. The average Bonchev–Trinajstić information content (AvgIpc) is 2.55. The molecule has 0 atom stereocenters. The van der Waals surface area contributed by atoms with Crippen LogP contribution in [0.15, 0.2) is 10.9 Å². The lowest BCUT2D eigenvalue weighted by Gasteiger charge is -2.10. The van der Waals surface area contributed by atoms with Crippen molar-refractivity contribution in [3.63, 3.8) is 0 Å². The van der Waals surface area contributed by atoms with Crippen LogP contribution >= 0.6 is 11.3 Å². The van der Waals surface area contributed by atoms with Crippen molar-refractivity contribution in [2.24, 2.45) is 0 Å². The number of rotatable bonds is 4. The zero-order chi connectivity index (χ0) is 9.68. The minimum absolute atomic E-state index is 0.0130. The lowest BCUT2D eigenvalue weighted by molar-refractivity contribution is 0.0948. The van der Waals surface area contributed by atoms with Crippen LogP contribution < -0.4 is 0 Å². The zero-order valence-electron chi connectivity index (χ0n) is 7.36. The van der Waals surface area contributed by atoms with Gasteiger partial charge in [-0.3, -0.25) is 9.69 Å². The fourth-order valence-corrected chi connectivity index (χ4v) is 1.44. The van der Waals surface area contributed by atoms with Gasteiger partial charge in [0.15, 0.2) is 5.78 Å². The maximum atomic E-state index is 11.4. The van der Waals surface area contributed by atoms with Crippen molar-refractivity contribution in [2.75, 3.05) is 20.1 Å². The third kappa shape index (κ3) is 2.98. The summed E-state index contributed by atoms with van der Waals surface area (Å²) in [4.78, 5) is 17.1. The topological polar surface area (TPSA) is 33.2 Å². The molecular formula is C9H10N2OS. The van der Waals surface area contributed by atoms with Gasteiger partial charge in [-0.05, 0) is 7.05 Å². The van der Waals surface area contributed by atoms with Crippen molar-refractivity contribution in [2.45, 2.75) is 0 Å². The molecule has 0 saturated carbocycles. The van der Waals surface area contributed by atoms with Gasteiger partial charge in [-0.25, -0.2) is 4.98 Å². The summed E-state index contributed by atoms with van der Waals surface area (Å²) in [7, 11) is 1.81. The van der Waals surface area contributed by atoms with Crippen molar-refractivity contribution in [3.05, 3.63) is 16.6 Å². The van der Waals surface area contributed by atoms with E-state index in [2.05, 4.69) is 10.9 Å². The standard InChI is InChI=1S/C9H10N2OS/c1-3-4-11(2)5-9(12)8-6-13-7-10-8/h1,6-7H,4-5H2,2H3. The fourth-order valence-electron chi connectivity index (χ4n) is 0.888. The summed E-state index contributed by atoms with van der Waals surface area (Å²) in [6.07, 6.45) is 5.11. The van der Waals surface area contributed by atoms with Crippen molar-refractivity contribution >= 4 is 17.1 Å². The molecule has 0 amide bonds. The van der Waals surface area contributed by atoms with Crippen LogP contribution in [-0.2, 0) is 0 Å². The maximum absolute atomic E-state index is 11.4. The van der Waals surface area contributed by atoms with E-state index in [0.717, 1.165) is 0 Å². The van der Waals surface area contributed by atoms with E-state index in [1.807, 2.05) is 7.05 Å². The fraction of sp³-hybridized carbons (Fsp3) is 0.333. The van der Waals surface area contributed by atoms with E-state index in [1.54, 1.807) is 15.8 Å². The Balaban J connectivity index is 2.48. The number of carbonyl (C=O) groups is 1. The minimum atomic E-state index is 0.0130. The molecule has 0 saturated heterocycles. The van der Waals surface area contributed by atoms with E-state index in [1.165, 1.54) is 11.3 Å². The second-order valence-electron chi connectivity index (χ2n) is 2.67. The molecule has 0 aromatic carbocycles. The van der Waals surface area contributed by atoms with Gasteiger partial charge in [-0.2, -0.15) is 0 Å². The molecule has 0 radical (unpaired) electrons. The first-order valence-corrected chi connectivity index (χ1v) is 4.71. The Bertz CT molecular complexity index is 313. The number of terminal acetylenes is 1. The highest BCUT2D eigenvalue weighted by Gasteiger charge is 2.09. The largest absolute Gasteiger partial charge is 0.291 e. The second-order valence-corrected chi connectivity index (χ2v) is 3.39. The molecule has 0 fully saturated rings. The van der Waals surface area contributed by atoms with Crippen molar-refractivity contribution in [1.29, 1.82) is 0 Å². The number of thiazole rings is 1. The Morgan fingerprint density at radius 1 is 1.85 bits per heavy atom. The molecule has 0 aliphatic rings. The van der Waals surface area contributed by atoms with Crippen LogP contribution in [0.5, 0.6) is 0 Å². The van der Waals surface area contributed by atoms with E-state index >= 15 is 0 Å². The zero-order valence-corrected chi connectivity index (χ0v) is 8.17. The number of hydrogen-bond donors (Lipinski definition) is 0. The Labute approximate surface area is 81.4 Å². The van der Waals surface area contributed by atoms with Gasteiger partial charge in [0.2, 0.25) is 0 Å². The number of Topliss-reactive ketones (excluding diaryl/α,β-unsaturated/α-hetero) is 1. The lowest BCUT2D eigenvalue weighted by Crippen LogP contribution is -2.26. The lowest BCUT2D eigenvalue weighted by atomic mass is 10.3. The smallest absolute Gasteiger partial charge is 0.195 e. The van der Waals surface area contributed by atoms with Gasteiger partial charge in [0.1, 0.15) is 5.69 Å². The number of likely N-dealkylation sites (N-methyl/N-ethyl adjacent to an activating group) is 1. The SMILES string of the molecule is C#CCN(C)CC(=O)c1cscn1. The molecule has 1 rings (SSSR count). The van der Waals surface area contributed by atoms with Crippen LogP contribution in [0.25, 0.3) is 0 Å². The average molecular weight is 194 g/mol. The van der Waals surface area contributed by atoms with Crippen molar-refractivity contribution < 1.29 is 4.79 Å². The number of aromatic nitrogens is 1. The highest BCUT2D eigenvalue weighted by Crippen LogP contribution is 2.02. The highest BCUT2D eigenvalue weighted by molar-refractivity contribution is 7.07. The number of nitrogens with zero attached hydrogens (tertiary/aromatic N) is 2. The van der Waals surface area contributed by atoms with Crippen molar-refractivity contribution in [3.8, 4) is 12.3 Å². The van der Waals surface area contributed by atoms with Crippen LogP contribution in [0.3, 0.4) is 0 Å². The second kappa shape index (κ2) is 4.75. The Morgan fingerprint density at radius 3 is 3.15 bits per heavy atom. The van der Waals surface area contributed by atoms with E-state index in [9.17, 15) is 4.79 Å². The minimum Gasteiger partial charge on any atom is -0.291 e. The van der Waals surface area contributed by atoms with Gasteiger partial charge in [-0.15, -0.1) is 17.8 Å². The molecule has 0 bridgehead atoms. The molecule has 4 heteroatoms. The number of carbonyl (C=O) groups excluding carboxylic acids is 1. The molecule has 3 nitrogen and oxygen atoms in total. The molecule has 1 aromatic heterocycles. The summed E-state index contributed by atoms with van der Waals surface area (Å²) in [6.45, 7) is 0.809. The molecule has 1 heterocycles. The van der Waals surface area contributed by atoms with E-state index < -0.39 is 0 Å². The monoisotopic (exact) mass is 194 g/mol. The Morgan fingerprint density at radius 2 is 2.62 bits per heavy atom. The first-order chi connectivity index (χ1) is 6.24. The van der Waals surface area contributed by atoms with Gasteiger partial charge < -0.3 is 0 Å². The molecule has 1 aromatic rings. The van der Waals surface area contributed by atoms with Gasteiger partial charge >= 0.3 is 0 Å². The summed E-state index contributed by atoms with van der Waals surface area (Å²) in [5.74, 6) is 2.49. The van der Waals surface area contributed by atoms with Crippen LogP contribution in [0, 0.1) is 12.3 Å². The molecule has 0 spiro atoms. The number of ketones is 1. The molecule has 0 N–H and O–H groups in total. The third-order valence-electron chi connectivity index (χ3n) is 1.49. The molecule has 0 aliphatic carbocycles. The molecule has 68 valence electrons. The summed E-state index contributed by atoms with van der Waals surface area (Å²) in [5, 5.41) is 1.74. The van der Waals surface area contributed by atoms with Crippen LogP contribution in [0.4, 0.5) is 0 Å². The first-order valence-electron chi connectivity index (χ1n) is 3.77. The molecular weight excluding hydrogens is 184 g/mol. The predicted molar refractivity (Wildman–Crippen MR) is 52.8 cm³/mol. The van der Waals surface area contributed by atoms with Crippen LogP contribution in [0.2, 0.25) is 0 Å². The van der Waals surface area contributed by atoms with Gasteiger partial charge in [-0.1, -0.05) is 5.92 Å². The molecule has 0 unspecified atom stereocenters. The highest BCUT2D eigenvalue weighted by atomic mass is 32.1. The quantitative estimate of drug-likeness (QED) is 0.527. The van der Waals surface area contributed by atoms with Crippen LogP contribution in [-0.4, -0.2) is 35.8 Å². The summed E-state index contributed by atoms with van der Waals surface area (Å²) in [5.41, 5.74) is 2.17. The summed E-state index contributed by atoms with van der Waals surface area (Å²) in [6, 6.07) is 0. The predicted octanol–water partition coefficient (Wildman–Crippen LogP) is 0.891.